The van der Waals surface area contributed by atoms with Crippen molar-refractivity contribution in [2.45, 2.75) is 45.7 Å². The predicted octanol–water partition coefficient (Wildman–Crippen LogP) is 4.25. The van der Waals surface area contributed by atoms with Gasteiger partial charge >= 0.3 is 0 Å². The molecule has 208 valence electrons. The molecule has 2 aromatic carbocycles. The number of amides is 2. The second kappa shape index (κ2) is 13.4. The minimum Gasteiger partial charge on any atom is -0.486 e. The highest BCUT2D eigenvalue weighted by Crippen LogP contribution is 2.35. The van der Waals surface area contributed by atoms with E-state index >= 15 is 0 Å². The molecule has 9 nitrogen and oxygen atoms in total. The van der Waals surface area contributed by atoms with Crippen molar-refractivity contribution in [3.05, 3.63) is 52.0 Å². The third-order valence-electron chi connectivity index (χ3n) is 6.06. The van der Waals surface area contributed by atoms with Gasteiger partial charge in [-0.05, 0) is 49.6 Å². The zero-order chi connectivity index (χ0) is 27.9. The van der Waals surface area contributed by atoms with Gasteiger partial charge in [-0.2, -0.15) is 0 Å². The first-order valence-electron chi connectivity index (χ1n) is 12.4. The number of halogens is 2. The molecule has 0 radical (unpaired) electrons. The number of sulfonamides is 1. The highest BCUT2D eigenvalue weighted by atomic mass is 35.5. The molecule has 1 atom stereocenters. The van der Waals surface area contributed by atoms with E-state index < -0.39 is 16.1 Å². The molecule has 1 N–H and O–H groups in total. The highest BCUT2D eigenvalue weighted by Gasteiger charge is 2.29. The number of nitrogens with zero attached hydrogens (tertiary/aromatic N) is 2. The van der Waals surface area contributed by atoms with Crippen molar-refractivity contribution >= 4 is 50.7 Å². The van der Waals surface area contributed by atoms with Gasteiger partial charge in [-0.25, -0.2) is 8.42 Å². The Morgan fingerprint density at radius 3 is 2.39 bits per heavy atom. The minimum atomic E-state index is -3.64. The van der Waals surface area contributed by atoms with Crippen LogP contribution in [0.3, 0.4) is 0 Å². The van der Waals surface area contributed by atoms with Crippen molar-refractivity contribution in [3.8, 4) is 11.5 Å². The molecule has 2 amide bonds. The Morgan fingerprint density at radius 2 is 1.76 bits per heavy atom. The van der Waals surface area contributed by atoms with Crippen molar-refractivity contribution in [3.63, 3.8) is 0 Å². The number of hydrogen-bond donors (Lipinski definition) is 1. The molecular formula is C26H33Cl2N3O6S. The lowest BCUT2D eigenvalue weighted by atomic mass is 10.1. The van der Waals surface area contributed by atoms with Crippen LogP contribution in [0.2, 0.25) is 10.0 Å². The number of hydrogen-bond acceptors (Lipinski definition) is 6. The molecule has 1 heterocycles. The van der Waals surface area contributed by atoms with Gasteiger partial charge in [0, 0.05) is 42.2 Å². The largest absolute Gasteiger partial charge is 0.486 e. The maximum atomic E-state index is 13.5. The van der Waals surface area contributed by atoms with E-state index in [2.05, 4.69) is 5.32 Å². The number of fused-ring (bicyclic) bond motifs is 1. The summed E-state index contributed by atoms with van der Waals surface area (Å²) >= 11 is 12.4. The highest BCUT2D eigenvalue weighted by molar-refractivity contribution is 7.92. The Balaban J connectivity index is 1.78. The third kappa shape index (κ3) is 7.68. The minimum absolute atomic E-state index is 0.0255. The topological polar surface area (TPSA) is 105 Å². The van der Waals surface area contributed by atoms with Crippen molar-refractivity contribution in [2.75, 3.05) is 36.9 Å². The molecule has 0 aliphatic carbocycles. The number of benzene rings is 2. The maximum absolute atomic E-state index is 13.5. The molecular weight excluding hydrogens is 553 g/mol. The number of rotatable bonds is 12. The summed E-state index contributed by atoms with van der Waals surface area (Å²) < 4.78 is 37.6. The molecule has 0 saturated carbocycles. The van der Waals surface area contributed by atoms with Crippen molar-refractivity contribution in [1.82, 2.24) is 10.2 Å². The fourth-order valence-electron chi connectivity index (χ4n) is 4.24. The summed E-state index contributed by atoms with van der Waals surface area (Å²) in [7, 11) is -3.64. The van der Waals surface area contributed by atoms with Crippen LogP contribution in [0.25, 0.3) is 0 Å². The molecule has 0 unspecified atom stereocenters. The number of ether oxygens (including phenoxy) is 2. The van der Waals surface area contributed by atoms with Crippen LogP contribution >= 0.6 is 23.2 Å². The summed E-state index contributed by atoms with van der Waals surface area (Å²) in [5.74, 6) is 0.473. The molecule has 0 bridgehead atoms. The van der Waals surface area contributed by atoms with E-state index in [9.17, 15) is 18.0 Å². The smallest absolute Gasteiger partial charge is 0.242 e. The molecule has 12 heteroatoms. The van der Waals surface area contributed by atoms with Crippen LogP contribution in [0, 0.1) is 0 Å². The number of anilines is 1. The number of carbonyl (C=O) groups excluding carboxylic acids is 2. The normalized spacial score (nSPS) is 13.5. The number of nitrogens with one attached hydrogen (secondary N) is 1. The lowest BCUT2D eigenvalue weighted by Gasteiger charge is -2.31. The van der Waals surface area contributed by atoms with Crippen LogP contribution in [0.5, 0.6) is 11.5 Å². The SMILES string of the molecule is CCNC(=O)[C@@H](CC)N(Cc1ccc(Cl)cc1Cl)C(=O)CCCN(c1ccc2c(c1)OCCO2)S(C)(=O)=O. The standard InChI is InChI=1S/C26H33Cl2N3O6S/c1-4-22(26(33)29-5-2)30(17-18-8-9-19(27)15-21(18)28)25(32)7-6-12-31(38(3,34)35)20-10-11-23-24(16-20)37-14-13-36-23/h8-11,15-16,22H,4-7,12-14,17H2,1-3H3,(H,29,33)/t22-/m1/s1. The predicted molar refractivity (Wildman–Crippen MR) is 149 cm³/mol. The van der Waals surface area contributed by atoms with Gasteiger partial charge in [-0.3, -0.25) is 13.9 Å². The van der Waals surface area contributed by atoms with Crippen molar-refractivity contribution in [1.29, 1.82) is 0 Å². The Bertz CT molecular complexity index is 1260. The van der Waals surface area contributed by atoms with Gasteiger partial charge in [-0.1, -0.05) is 36.2 Å². The van der Waals surface area contributed by atoms with Gasteiger partial charge in [0.1, 0.15) is 19.3 Å². The van der Waals surface area contributed by atoms with Crippen LogP contribution in [-0.4, -0.2) is 63.7 Å². The number of carbonyl (C=O) groups is 2. The summed E-state index contributed by atoms with van der Waals surface area (Å²) in [4.78, 5) is 27.8. The monoisotopic (exact) mass is 585 g/mol. The second-order valence-electron chi connectivity index (χ2n) is 8.84. The van der Waals surface area contributed by atoms with E-state index in [-0.39, 0.29) is 37.7 Å². The Morgan fingerprint density at radius 1 is 1.05 bits per heavy atom. The fourth-order valence-corrected chi connectivity index (χ4v) is 5.66. The summed E-state index contributed by atoms with van der Waals surface area (Å²) in [6.45, 7) is 5.05. The Labute approximate surface area is 234 Å². The van der Waals surface area contributed by atoms with Crippen LogP contribution < -0.4 is 19.1 Å². The van der Waals surface area contributed by atoms with E-state index in [0.717, 1.165) is 6.26 Å². The molecule has 0 aromatic heterocycles. The van der Waals surface area contributed by atoms with Crippen LogP contribution in [0.15, 0.2) is 36.4 Å². The lowest BCUT2D eigenvalue weighted by molar-refractivity contribution is -0.141. The zero-order valence-electron chi connectivity index (χ0n) is 21.7. The molecule has 0 saturated heterocycles. The summed E-state index contributed by atoms with van der Waals surface area (Å²) in [5.41, 5.74) is 1.07. The lowest BCUT2D eigenvalue weighted by Crippen LogP contribution is -2.49. The summed E-state index contributed by atoms with van der Waals surface area (Å²) in [6, 6.07) is 9.22. The molecule has 3 rings (SSSR count). The van der Waals surface area contributed by atoms with Crippen molar-refractivity contribution < 1.29 is 27.5 Å². The van der Waals surface area contributed by atoms with E-state index in [4.69, 9.17) is 32.7 Å². The van der Waals surface area contributed by atoms with Gasteiger partial charge in [0.05, 0.1) is 11.9 Å². The van der Waals surface area contributed by atoms with Crippen LogP contribution in [-0.2, 0) is 26.2 Å². The van der Waals surface area contributed by atoms with E-state index in [1.54, 1.807) is 36.4 Å². The quantitative estimate of drug-likeness (QED) is 0.399. The Hall–Kier alpha value is -2.69. The van der Waals surface area contributed by atoms with Gasteiger partial charge in [0.15, 0.2) is 11.5 Å². The molecule has 1 aliphatic rings. The first-order chi connectivity index (χ1) is 18.0. The van der Waals surface area contributed by atoms with Gasteiger partial charge in [-0.15, -0.1) is 0 Å². The molecule has 38 heavy (non-hydrogen) atoms. The van der Waals surface area contributed by atoms with Gasteiger partial charge < -0.3 is 19.7 Å². The van der Waals surface area contributed by atoms with Crippen LogP contribution in [0.4, 0.5) is 5.69 Å². The van der Waals surface area contributed by atoms with Crippen LogP contribution in [0.1, 0.15) is 38.7 Å². The third-order valence-corrected chi connectivity index (χ3v) is 7.84. The van der Waals surface area contributed by atoms with Gasteiger partial charge in [0.25, 0.3) is 0 Å². The summed E-state index contributed by atoms with van der Waals surface area (Å²) in [5, 5.41) is 3.64. The molecule has 2 aromatic rings. The average Bonchev–Trinajstić information content (AvgIpc) is 2.86. The van der Waals surface area contributed by atoms with E-state index in [0.29, 0.717) is 59.0 Å². The molecule has 0 spiro atoms. The van der Waals surface area contributed by atoms with Gasteiger partial charge in [0.2, 0.25) is 21.8 Å². The van der Waals surface area contributed by atoms with Crippen molar-refractivity contribution in [2.24, 2.45) is 0 Å². The summed E-state index contributed by atoms with van der Waals surface area (Å²) in [6.07, 6.45) is 1.77. The molecule has 1 aliphatic heterocycles. The maximum Gasteiger partial charge on any atom is 0.242 e. The number of likely N-dealkylation sites (N-methyl/N-ethyl adjacent to an activating group) is 1. The second-order valence-corrected chi connectivity index (χ2v) is 11.6. The average molecular weight is 587 g/mol. The fraction of sp³-hybridized carbons (Fsp3) is 0.462. The first-order valence-corrected chi connectivity index (χ1v) is 15.0. The van der Waals surface area contributed by atoms with E-state index in [1.165, 1.54) is 9.21 Å². The molecule has 0 fully saturated rings. The Kier molecular flexibility index (Phi) is 10.5. The zero-order valence-corrected chi connectivity index (χ0v) is 24.0. The first kappa shape index (κ1) is 29.9. The van der Waals surface area contributed by atoms with E-state index in [1.807, 2.05) is 13.8 Å².